The van der Waals surface area contributed by atoms with Crippen LogP contribution in [0.5, 0.6) is 0 Å². The minimum Gasteiger partial charge on any atom is -0.383 e. The van der Waals surface area contributed by atoms with E-state index in [1.54, 1.807) is 12.4 Å². The molecule has 0 aliphatic rings. The first-order valence-electron chi connectivity index (χ1n) is 6.33. The summed E-state index contributed by atoms with van der Waals surface area (Å²) in [7, 11) is 0. The van der Waals surface area contributed by atoms with Crippen molar-refractivity contribution in [1.29, 1.82) is 0 Å². The van der Waals surface area contributed by atoms with E-state index < -0.39 is 0 Å². The average molecular weight is 323 g/mol. The number of aromatic nitrogens is 3. The van der Waals surface area contributed by atoms with Crippen LogP contribution in [0.3, 0.4) is 0 Å². The van der Waals surface area contributed by atoms with E-state index in [0.29, 0.717) is 5.82 Å². The van der Waals surface area contributed by atoms with E-state index in [2.05, 4.69) is 58.2 Å². The topological polar surface area (TPSA) is 56.7 Å². The second-order valence-corrected chi connectivity index (χ2v) is 6.43. The Bertz CT molecular complexity index is 596. The molecule has 2 N–H and O–H groups in total. The van der Waals surface area contributed by atoms with Gasteiger partial charge in [0.25, 0.3) is 0 Å². The van der Waals surface area contributed by atoms with Crippen molar-refractivity contribution in [2.24, 2.45) is 0 Å². The van der Waals surface area contributed by atoms with Crippen LogP contribution in [0.1, 0.15) is 33.5 Å². The van der Waals surface area contributed by atoms with Crippen LogP contribution in [0.15, 0.2) is 22.9 Å². The van der Waals surface area contributed by atoms with Gasteiger partial charge < -0.3 is 10.3 Å². The zero-order valence-corrected chi connectivity index (χ0v) is 13.3. The summed E-state index contributed by atoms with van der Waals surface area (Å²) in [5.74, 6) is 1.70. The maximum absolute atomic E-state index is 6.31. The predicted molar refractivity (Wildman–Crippen MR) is 81.9 cm³/mol. The molecule has 0 fully saturated rings. The molecule has 0 bridgehead atoms. The van der Waals surface area contributed by atoms with Crippen molar-refractivity contribution >= 4 is 21.7 Å². The molecule has 19 heavy (non-hydrogen) atoms. The van der Waals surface area contributed by atoms with Gasteiger partial charge in [0.15, 0.2) is 0 Å². The van der Waals surface area contributed by atoms with Crippen LogP contribution in [0, 0.1) is 0 Å². The lowest BCUT2D eigenvalue weighted by Gasteiger charge is -2.24. The fourth-order valence-corrected chi connectivity index (χ4v) is 2.59. The Balaban J connectivity index is 2.64. The Labute approximate surface area is 122 Å². The monoisotopic (exact) mass is 322 g/mol. The van der Waals surface area contributed by atoms with Gasteiger partial charge in [-0.15, -0.1) is 0 Å². The molecule has 2 aromatic heterocycles. The number of hydrogen-bond donors (Lipinski definition) is 1. The molecule has 5 heteroatoms. The first-order chi connectivity index (χ1) is 8.84. The number of aryl methyl sites for hydroxylation is 1. The van der Waals surface area contributed by atoms with Crippen molar-refractivity contribution in [3.63, 3.8) is 0 Å². The highest BCUT2D eigenvalue weighted by atomic mass is 79.9. The van der Waals surface area contributed by atoms with Crippen molar-refractivity contribution in [3.8, 4) is 11.3 Å². The molecule has 102 valence electrons. The van der Waals surface area contributed by atoms with Crippen molar-refractivity contribution < 1.29 is 0 Å². The fraction of sp³-hybridized carbons (Fsp3) is 0.429. The van der Waals surface area contributed by atoms with Gasteiger partial charge in [-0.3, -0.25) is 4.98 Å². The molecule has 0 saturated heterocycles. The van der Waals surface area contributed by atoms with Crippen LogP contribution in [-0.2, 0) is 12.0 Å². The van der Waals surface area contributed by atoms with Crippen molar-refractivity contribution in [2.45, 2.75) is 39.7 Å². The van der Waals surface area contributed by atoms with Crippen LogP contribution < -0.4 is 5.73 Å². The Morgan fingerprint density at radius 2 is 2.00 bits per heavy atom. The number of rotatable bonds is 2. The molecule has 0 radical (unpaired) electrons. The van der Waals surface area contributed by atoms with E-state index in [1.807, 2.05) is 6.07 Å². The number of halogens is 1. The number of pyridine rings is 1. The van der Waals surface area contributed by atoms with Gasteiger partial charge in [-0.25, -0.2) is 4.98 Å². The van der Waals surface area contributed by atoms with E-state index >= 15 is 0 Å². The zero-order chi connectivity index (χ0) is 14.2. The quantitative estimate of drug-likeness (QED) is 0.918. The summed E-state index contributed by atoms with van der Waals surface area (Å²) in [6, 6.07) is 1.98. The maximum atomic E-state index is 6.31. The van der Waals surface area contributed by atoms with E-state index in [4.69, 9.17) is 5.73 Å². The normalized spacial score (nSPS) is 11.8. The number of hydrogen-bond acceptors (Lipinski definition) is 3. The molecule has 2 aromatic rings. The third-order valence-electron chi connectivity index (χ3n) is 2.95. The standard InChI is InChI=1S/C14H19BrN4/c1-5-11-18-12(9-6-10(15)8-17-7-9)13(16)19(11)14(2,3)4/h6-8H,5,16H2,1-4H3. The first kappa shape index (κ1) is 14.1. The Kier molecular flexibility index (Phi) is 3.67. The predicted octanol–water partition coefficient (Wildman–Crippen LogP) is 3.61. The van der Waals surface area contributed by atoms with Crippen LogP contribution in [-0.4, -0.2) is 14.5 Å². The molecule has 0 spiro atoms. The maximum Gasteiger partial charge on any atom is 0.132 e. The van der Waals surface area contributed by atoms with Gasteiger partial charge >= 0.3 is 0 Å². The number of anilines is 1. The van der Waals surface area contributed by atoms with Crippen molar-refractivity contribution in [1.82, 2.24) is 14.5 Å². The van der Waals surface area contributed by atoms with E-state index in [9.17, 15) is 0 Å². The summed E-state index contributed by atoms with van der Waals surface area (Å²) in [6.45, 7) is 8.49. The molecule has 4 nitrogen and oxygen atoms in total. The highest BCUT2D eigenvalue weighted by Crippen LogP contribution is 2.32. The smallest absolute Gasteiger partial charge is 0.132 e. The van der Waals surface area contributed by atoms with Gasteiger partial charge in [-0.1, -0.05) is 6.92 Å². The number of imidazole rings is 1. The van der Waals surface area contributed by atoms with Crippen LogP contribution in [0.25, 0.3) is 11.3 Å². The summed E-state index contributed by atoms with van der Waals surface area (Å²) < 4.78 is 3.02. The Morgan fingerprint density at radius 1 is 1.32 bits per heavy atom. The number of nitrogens with zero attached hydrogens (tertiary/aromatic N) is 3. The second-order valence-electron chi connectivity index (χ2n) is 5.51. The molecule has 0 unspecified atom stereocenters. The summed E-state index contributed by atoms with van der Waals surface area (Å²) in [4.78, 5) is 8.86. The fourth-order valence-electron chi connectivity index (χ4n) is 2.22. The Morgan fingerprint density at radius 3 is 2.47 bits per heavy atom. The minimum absolute atomic E-state index is 0.0832. The van der Waals surface area contributed by atoms with Gasteiger partial charge in [0.2, 0.25) is 0 Å². The molecule has 0 amide bonds. The average Bonchev–Trinajstić information content (AvgIpc) is 2.66. The van der Waals surface area contributed by atoms with Crippen molar-refractivity contribution in [3.05, 3.63) is 28.8 Å². The first-order valence-corrected chi connectivity index (χ1v) is 7.12. The highest BCUT2D eigenvalue weighted by molar-refractivity contribution is 9.10. The molecule has 0 aliphatic carbocycles. The van der Waals surface area contributed by atoms with Crippen LogP contribution in [0.4, 0.5) is 5.82 Å². The second kappa shape index (κ2) is 4.96. The molecule has 0 saturated carbocycles. The summed E-state index contributed by atoms with van der Waals surface area (Å²) in [5, 5.41) is 0. The van der Waals surface area contributed by atoms with Crippen LogP contribution >= 0.6 is 15.9 Å². The SMILES string of the molecule is CCc1nc(-c2cncc(Br)c2)c(N)n1C(C)(C)C. The lowest BCUT2D eigenvalue weighted by atomic mass is 10.1. The Hall–Kier alpha value is -1.36. The summed E-state index contributed by atoms with van der Waals surface area (Å²) >= 11 is 3.43. The van der Waals surface area contributed by atoms with Gasteiger partial charge in [-0.2, -0.15) is 0 Å². The van der Waals surface area contributed by atoms with E-state index in [1.165, 1.54) is 0 Å². The molecule has 2 rings (SSSR count). The lowest BCUT2D eigenvalue weighted by molar-refractivity contribution is 0.389. The molecule has 0 aliphatic heterocycles. The zero-order valence-electron chi connectivity index (χ0n) is 11.7. The molecular weight excluding hydrogens is 304 g/mol. The lowest BCUT2D eigenvalue weighted by Crippen LogP contribution is -2.25. The van der Waals surface area contributed by atoms with Gasteiger partial charge in [0, 0.05) is 34.4 Å². The molecule has 0 atom stereocenters. The van der Waals surface area contributed by atoms with Gasteiger partial charge in [0.1, 0.15) is 17.3 Å². The third kappa shape index (κ3) is 2.66. The van der Waals surface area contributed by atoms with Gasteiger partial charge in [-0.05, 0) is 42.8 Å². The molecule has 0 aromatic carbocycles. The highest BCUT2D eigenvalue weighted by Gasteiger charge is 2.23. The van der Waals surface area contributed by atoms with Gasteiger partial charge in [0.05, 0.1) is 0 Å². The summed E-state index contributed by atoms with van der Waals surface area (Å²) in [6.07, 6.45) is 4.39. The van der Waals surface area contributed by atoms with E-state index in [0.717, 1.165) is 28.0 Å². The summed E-state index contributed by atoms with van der Waals surface area (Å²) in [5.41, 5.74) is 7.96. The van der Waals surface area contributed by atoms with Crippen LogP contribution in [0.2, 0.25) is 0 Å². The van der Waals surface area contributed by atoms with E-state index in [-0.39, 0.29) is 5.54 Å². The minimum atomic E-state index is -0.0832. The van der Waals surface area contributed by atoms with Crippen molar-refractivity contribution in [2.75, 3.05) is 5.73 Å². The molecule has 2 heterocycles. The number of nitrogens with two attached hydrogens (primary N) is 1. The number of nitrogen functional groups attached to an aromatic ring is 1. The largest absolute Gasteiger partial charge is 0.383 e. The molecular formula is C14H19BrN4. The third-order valence-corrected chi connectivity index (χ3v) is 3.38.